The SMILES string of the molecule is CCCCCC[C@@H](C)N(CCO)C(=O)c1ccc([N+](=O)[O-])cc1. The van der Waals surface area contributed by atoms with Crippen LogP contribution in [0.4, 0.5) is 5.69 Å². The van der Waals surface area contributed by atoms with Crippen molar-refractivity contribution in [3.05, 3.63) is 39.9 Å². The molecule has 0 saturated heterocycles. The zero-order valence-electron chi connectivity index (χ0n) is 13.9. The molecule has 1 aromatic rings. The van der Waals surface area contributed by atoms with Gasteiger partial charge < -0.3 is 10.0 Å². The number of benzene rings is 1. The van der Waals surface area contributed by atoms with Crippen molar-refractivity contribution in [3.63, 3.8) is 0 Å². The second-order valence-electron chi connectivity index (χ2n) is 5.72. The number of nitro groups is 1. The van der Waals surface area contributed by atoms with Gasteiger partial charge in [0.25, 0.3) is 11.6 Å². The lowest BCUT2D eigenvalue weighted by atomic mass is 10.1. The van der Waals surface area contributed by atoms with E-state index in [-0.39, 0.29) is 30.8 Å². The molecule has 1 N–H and O–H groups in total. The maximum Gasteiger partial charge on any atom is 0.269 e. The van der Waals surface area contributed by atoms with Crippen LogP contribution in [0.3, 0.4) is 0 Å². The van der Waals surface area contributed by atoms with Crippen LogP contribution >= 0.6 is 0 Å². The molecule has 0 unspecified atom stereocenters. The predicted octanol–water partition coefficient (Wildman–Crippen LogP) is 3.39. The average molecular weight is 322 g/mol. The number of rotatable bonds is 10. The normalized spacial score (nSPS) is 12.0. The summed E-state index contributed by atoms with van der Waals surface area (Å²) in [5, 5.41) is 19.9. The van der Waals surface area contributed by atoms with E-state index in [4.69, 9.17) is 0 Å². The maximum absolute atomic E-state index is 12.6. The Balaban J connectivity index is 2.74. The second kappa shape index (κ2) is 9.94. The van der Waals surface area contributed by atoms with Gasteiger partial charge in [0.2, 0.25) is 0 Å². The van der Waals surface area contributed by atoms with Gasteiger partial charge in [0.15, 0.2) is 0 Å². The van der Waals surface area contributed by atoms with Crippen LogP contribution in [0.1, 0.15) is 56.3 Å². The number of hydrogen-bond acceptors (Lipinski definition) is 4. The van der Waals surface area contributed by atoms with Gasteiger partial charge in [-0.15, -0.1) is 0 Å². The minimum Gasteiger partial charge on any atom is -0.395 e. The number of aliphatic hydroxyl groups is 1. The number of unbranched alkanes of at least 4 members (excludes halogenated alkanes) is 3. The van der Waals surface area contributed by atoms with E-state index >= 15 is 0 Å². The fourth-order valence-electron chi connectivity index (χ4n) is 2.54. The molecule has 0 radical (unpaired) electrons. The highest BCUT2D eigenvalue weighted by atomic mass is 16.6. The lowest BCUT2D eigenvalue weighted by Gasteiger charge is -2.29. The van der Waals surface area contributed by atoms with Gasteiger partial charge in [-0.25, -0.2) is 0 Å². The van der Waals surface area contributed by atoms with Gasteiger partial charge in [-0.1, -0.05) is 32.6 Å². The molecule has 0 aliphatic heterocycles. The number of non-ortho nitro benzene ring substituents is 1. The second-order valence-corrected chi connectivity index (χ2v) is 5.72. The van der Waals surface area contributed by atoms with Crippen molar-refractivity contribution < 1.29 is 14.8 Å². The average Bonchev–Trinajstić information content (AvgIpc) is 2.56. The van der Waals surface area contributed by atoms with Crippen LogP contribution in [0.15, 0.2) is 24.3 Å². The van der Waals surface area contributed by atoms with Crippen LogP contribution < -0.4 is 0 Å². The molecule has 6 heteroatoms. The van der Waals surface area contributed by atoms with Crippen LogP contribution in [0.5, 0.6) is 0 Å². The molecule has 0 saturated carbocycles. The molecule has 1 atom stereocenters. The minimum absolute atomic E-state index is 0.0294. The van der Waals surface area contributed by atoms with Gasteiger partial charge in [0.05, 0.1) is 11.5 Å². The fraction of sp³-hybridized carbons (Fsp3) is 0.588. The van der Waals surface area contributed by atoms with Crippen molar-refractivity contribution in [2.24, 2.45) is 0 Å². The Morgan fingerprint density at radius 3 is 2.43 bits per heavy atom. The summed E-state index contributed by atoms with van der Waals surface area (Å²) in [7, 11) is 0. The molecule has 0 heterocycles. The summed E-state index contributed by atoms with van der Waals surface area (Å²) in [6.45, 7) is 4.30. The minimum atomic E-state index is -0.490. The van der Waals surface area contributed by atoms with Gasteiger partial charge in [-0.05, 0) is 25.5 Å². The third kappa shape index (κ3) is 5.98. The van der Waals surface area contributed by atoms with Crippen LogP contribution in [0.2, 0.25) is 0 Å². The molecular formula is C17H26N2O4. The lowest BCUT2D eigenvalue weighted by Crippen LogP contribution is -2.40. The summed E-state index contributed by atoms with van der Waals surface area (Å²) in [5.41, 5.74) is 0.368. The standard InChI is InChI=1S/C17H26N2O4/c1-3-4-5-6-7-14(2)18(12-13-20)17(21)15-8-10-16(11-9-15)19(22)23/h8-11,14,20H,3-7,12-13H2,1-2H3/t14-/m1/s1. The largest absolute Gasteiger partial charge is 0.395 e. The highest BCUT2D eigenvalue weighted by Crippen LogP contribution is 2.17. The first-order valence-electron chi connectivity index (χ1n) is 8.17. The highest BCUT2D eigenvalue weighted by Gasteiger charge is 2.21. The number of hydrogen-bond donors (Lipinski definition) is 1. The van der Waals surface area contributed by atoms with Gasteiger partial charge in [0.1, 0.15) is 0 Å². The Morgan fingerprint density at radius 2 is 1.91 bits per heavy atom. The van der Waals surface area contributed by atoms with Gasteiger partial charge in [-0.2, -0.15) is 0 Å². The molecule has 6 nitrogen and oxygen atoms in total. The van der Waals surface area contributed by atoms with E-state index in [2.05, 4.69) is 6.92 Å². The molecule has 1 rings (SSSR count). The van der Waals surface area contributed by atoms with E-state index in [9.17, 15) is 20.0 Å². The van der Waals surface area contributed by atoms with Crippen molar-refractivity contribution >= 4 is 11.6 Å². The van der Waals surface area contributed by atoms with Crippen LogP contribution in [-0.2, 0) is 0 Å². The molecular weight excluding hydrogens is 296 g/mol. The molecule has 0 fully saturated rings. The molecule has 0 aromatic heterocycles. The first kappa shape index (κ1) is 19.1. The van der Waals surface area contributed by atoms with E-state index in [0.717, 1.165) is 25.7 Å². The summed E-state index contributed by atoms with van der Waals surface area (Å²) in [4.78, 5) is 24.4. The topological polar surface area (TPSA) is 83.7 Å². The highest BCUT2D eigenvalue weighted by molar-refractivity contribution is 5.94. The van der Waals surface area contributed by atoms with E-state index in [1.54, 1.807) is 4.90 Å². The Morgan fingerprint density at radius 1 is 1.26 bits per heavy atom. The zero-order chi connectivity index (χ0) is 17.2. The van der Waals surface area contributed by atoms with E-state index in [1.165, 1.54) is 30.7 Å². The van der Waals surface area contributed by atoms with Gasteiger partial charge in [0, 0.05) is 30.3 Å². The number of nitro benzene ring substituents is 1. The number of carbonyl (C=O) groups excluding carboxylic acids is 1. The Hall–Kier alpha value is -1.95. The van der Waals surface area contributed by atoms with Crippen LogP contribution in [-0.4, -0.2) is 40.0 Å². The van der Waals surface area contributed by atoms with Crippen molar-refractivity contribution in [1.29, 1.82) is 0 Å². The Bertz CT molecular complexity index is 502. The van der Waals surface area contributed by atoms with Gasteiger partial charge in [-0.3, -0.25) is 14.9 Å². The van der Waals surface area contributed by atoms with E-state index < -0.39 is 4.92 Å². The number of aliphatic hydroxyl groups excluding tert-OH is 1. The molecule has 23 heavy (non-hydrogen) atoms. The third-order valence-electron chi connectivity index (χ3n) is 3.93. The predicted molar refractivity (Wildman–Crippen MR) is 89.4 cm³/mol. The zero-order valence-corrected chi connectivity index (χ0v) is 13.9. The summed E-state index contributed by atoms with van der Waals surface area (Å²) in [6, 6.07) is 5.62. The van der Waals surface area contributed by atoms with Gasteiger partial charge >= 0.3 is 0 Å². The number of carbonyl (C=O) groups is 1. The Labute approximate surface area is 137 Å². The third-order valence-corrected chi connectivity index (χ3v) is 3.93. The molecule has 0 aliphatic rings. The first-order valence-corrected chi connectivity index (χ1v) is 8.17. The van der Waals surface area contributed by atoms with Crippen molar-refractivity contribution in [2.75, 3.05) is 13.2 Å². The number of nitrogens with zero attached hydrogens (tertiary/aromatic N) is 2. The smallest absolute Gasteiger partial charge is 0.269 e. The first-order chi connectivity index (χ1) is 11.0. The van der Waals surface area contributed by atoms with Crippen LogP contribution in [0, 0.1) is 10.1 Å². The lowest BCUT2D eigenvalue weighted by molar-refractivity contribution is -0.384. The molecule has 128 valence electrons. The molecule has 0 bridgehead atoms. The fourth-order valence-corrected chi connectivity index (χ4v) is 2.54. The quantitative estimate of drug-likeness (QED) is 0.406. The molecule has 1 amide bonds. The summed E-state index contributed by atoms with van der Waals surface area (Å²) < 4.78 is 0. The van der Waals surface area contributed by atoms with Crippen molar-refractivity contribution in [2.45, 2.75) is 52.0 Å². The molecule has 1 aromatic carbocycles. The van der Waals surface area contributed by atoms with Crippen molar-refractivity contribution in [3.8, 4) is 0 Å². The summed E-state index contributed by atoms with van der Waals surface area (Å²) >= 11 is 0. The maximum atomic E-state index is 12.6. The molecule has 0 aliphatic carbocycles. The Kier molecular flexibility index (Phi) is 8.26. The molecule has 0 spiro atoms. The van der Waals surface area contributed by atoms with Crippen LogP contribution in [0.25, 0.3) is 0 Å². The summed E-state index contributed by atoms with van der Waals surface area (Å²) in [6.07, 6.45) is 5.42. The van der Waals surface area contributed by atoms with E-state index in [0.29, 0.717) is 5.56 Å². The monoisotopic (exact) mass is 322 g/mol. The van der Waals surface area contributed by atoms with Crippen molar-refractivity contribution in [1.82, 2.24) is 4.90 Å². The number of amides is 1. The summed E-state index contributed by atoms with van der Waals surface area (Å²) in [5.74, 6) is -0.197. The van der Waals surface area contributed by atoms with E-state index in [1.807, 2.05) is 6.92 Å².